The van der Waals surface area contributed by atoms with Crippen molar-refractivity contribution in [3.05, 3.63) is 11.7 Å². The fourth-order valence-corrected chi connectivity index (χ4v) is 0.937. The van der Waals surface area contributed by atoms with Crippen LogP contribution in [0.3, 0.4) is 0 Å². The van der Waals surface area contributed by atoms with Gasteiger partial charge in [0.15, 0.2) is 5.82 Å². The van der Waals surface area contributed by atoms with Gasteiger partial charge in [-0.05, 0) is 19.9 Å². The lowest BCUT2D eigenvalue weighted by molar-refractivity contribution is -0.121. The molecule has 0 aromatic carbocycles. The Balaban J connectivity index is 2.23. The highest BCUT2D eigenvalue weighted by Crippen LogP contribution is 1.95. The molecule has 0 radical (unpaired) electrons. The van der Waals surface area contributed by atoms with Crippen LogP contribution in [0.25, 0.3) is 0 Å². The summed E-state index contributed by atoms with van der Waals surface area (Å²) in [6, 6.07) is 0. The first-order valence-electron chi connectivity index (χ1n) is 4.48. The van der Waals surface area contributed by atoms with Crippen molar-refractivity contribution >= 4 is 5.91 Å². The van der Waals surface area contributed by atoms with Crippen LogP contribution in [0.1, 0.15) is 24.6 Å². The number of carbonyl (C=O) groups is 1. The molecule has 0 saturated carbocycles. The van der Waals surface area contributed by atoms with E-state index in [9.17, 15) is 4.79 Å². The Morgan fingerprint density at radius 1 is 1.64 bits per heavy atom. The lowest BCUT2D eigenvalue weighted by atomic mass is 10.3. The molecule has 1 rings (SSSR count). The van der Waals surface area contributed by atoms with Gasteiger partial charge in [0.1, 0.15) is 0 Å². The second-order valence-corrected chi connectivity index (χ2v) is 2.90. The first-order chi connectivity index (χ1) is 6.72. The standard InChI is InChI=1S/C8H14N4O2/c1-6-11-8(14-12-6)5-10-7(13)3-2-4-9/h2-5,9H2,1H3,(H,10,13). The molecule has 14 heavy (non-hydrogen) atoms. The predicted octanol–water partition coefficient (Wildman–Crippen LogP) is -0.267. The topological polar surface area (TPSA) is 94.0 Å². The molecule has 0 saturated heterocycles. The van der Waals surface area contributed by atoms with E-state index in [2.05, 4.69) is 15.5 Å². The minimum atomic E-state index is -0.0497. The van der Waals surface area contributed by atoms with Crippen molar-refractivity contribution in [2.75, 3.05) is 6.54 Å². The summed E-state index contributed by atoms with van der Waals surface area (Å²) in [5.41, 5.74) is 5.27. The number of carbonyl (C=O) groups excluding carboxylic acids is 1. The zero-order valence-electron chi connectivity index (χ0n) is 8.12. The van der Waals surface area contributed by atoms with E-state index < -0.39 is 0 Å². The van der Waals surface area contributed by atoms with Gasteiger partial charge in [-0.15, -0.1) is 0 Å². The van der Waals surface area contributed by atoms with Crippen LogP contribution in [0, 0.1) is 6.92 Å². The lowest BCUT2D eigenvalue weighted by Crippen LogP contribution is -2.23. The van der Waals surface area contributed by atoms with Crippen molar-refractivity contribution in [2.24, 2.45) is 5.73 Å². The second kappa shape index (κ2) is 5.33. The van der Waals surface area contributed by atoms with Crippen molar-refractivity contribution in [3.8, 4) is 0 Å². The van der Waals surface area contributed by atoms with E-state index in [1.54, 1.807) is 6.92 Å². The van der Waals surface area contributed by atoms with E-state index in [4.69, 9.17) is 10.3 Å². The van der Waals surface area contributed by atoms with Crippen LogP contribution in [0.2, 0.25) is 0 Å². The number of aryl methyl sites for hydroxylation is 1. The Labute approximate surface area is 81.9 Å². The first kappa shape index (κ1) is 10.6. The zero-order valence-corrected chi connectivity index (χ0v) is 8.12. The van der Waals surface area contributed by atoms with Crippen molar-refractivity contribution in [1.29, 1.82) is 0 Å². The molecule has 0 aliphatic carbocycles. The summed E-state index contributed by atoms with van der Waals surface area (Å²) in [5, 5.41) is 6.26. The van der Waals surface area contributed by atoms with Gasteiger partial charge in [-0.1, -0.05) is 5.16 Å². The fraction of sp³-hybridized carbons (Fsp3) is 0.625. The molecule has 3 N–H and O–H groups in total. The zero-order chi connectivity index (χ0) is 10.4. The van der Waals surface area contributed by atoms with Gasteiger partial charge in [0, 0.05) is 6.42 Å². The third-order valence-electron chi connectivity index (χ3n) is 1.61. The highest BCUT2D eigenvalue weighted by atomic mass is 16.5. The summed E-state index contributed by atoms with van der Waals surface area (Å²) in [6.07, 6.45) is 1.12. The summed E-state index contributed by atoms with van der Waals surface area (Å²) in [5.74, 6) is 0.936. The van der Waals surface area contributed by atoms with Crippen LogP contribution in [0.15, 0.2) is 4.52 Å². The van der Waals surface area contributed by atoms with Crippen LogP contribution in [0.4, 0.5) is 0 Å². The monoisotopic (exact) mass is 198 g/mol. The predicted molar refractivity (Wildman–Crippen MR) is 49.2 cm³/mol. The number of nitrogens with zero attached hydrogens (tertiary/aromatic N) is 2. The molecule has 0 spiro atoms. The van der Waals surface area contributed by atoms with Crippen molar-refractivity contribution < 1.29 is 9.32 Å². The molecule has 0 fully saturated rings. The summed E-state index contributed by atoms with van der Waals surface area (Å²) in [6.45, 7) is 2.53. The van der Waals surface area contributed by atoms with E-state index in [0.29, 0.717) is 31.1 Å². The maximum absolute atomic E-state index is 11.1. The molecule has 0 aliphatic heterocycles. The average Bonchev–Trinajstić information content (AvgIpc) is 2.58. The molecule has 1 heterocycles. The Kier molecular flexibility index (Phi) is 4.06. The molecule has 78 valence electrons. The molecule has 0 aliphatic rings. The highest BCUT2D eigenvalue weighted by Gasteiger charge is 2.04. The summed E-state index contributed by atoms with van der Waals surface area (Å²) in [4.78, 5) is 15.1. The van der Waals surface area contributed by atoms with Crippen LogP contribution in [-0.4, -0.2) is 22.6 Å². The number of nitrogens with one attached hydrogen (secondary N) is 1. The number of rotatable bonds is 5. The second-order valence-electron chi connectivity index (χ2n) is 2.90. The Bertz CT molecular complexity index is 297. The number of hydrogen-bond acceptors (Lipinski definition) is 5. The SMILES string of the molecule is Cc1noc(CNC(=O)CCCN)n1. The smallest absolute Gasteiger partial charge is 0.246 e. The van der Waals surface area contributed by atoms with E-state index in [0.717, 1.165) is 0 Å². The van der Waals surface area contributed by atoms with E-state index in [1.165, 1.54) is 0 Å². The minimum absolute atomic E-state index is 0.0497. The van der Waals surface area contributed by atoms with Gasteiger partial charge in [0.25, 0.3) is 0 Å². The van der Waals surface area contributed by atoms with Crippen LogP contribution < -0.4 is 11.1 Å². The Morgan fingerprint density at radius 3 is 3.00 bits per heavy atom. The largest absolute Gasteiger partial charge is 0.347 e. The maximum atomic E-state index is 11.1. The molecular weight excluding hydrogens is 184 g/mol. The van der Waals surface area contributed by atoms with Crippen molar-refractivity contribution in [2.45, 2.75) is 26.3 Å². The molecule has 6 nitrogen and oxygen atoms in total. The van der Waals surface area contributed by atoms with E-state index in [1.807, 2.05) is 0 Å². The van der Waals surface area contributed by atoms with Crippen molar-refractivity contribution in [1.82, 2.24) is 15.5 Å². The molecular formula is C8H14N4O2. The number of amides is 1. The molecule has 1 aromatic heterocycles. The van der Waals surface area contributed by atoms with Crippen LogP contribution in [0.5, 0.6) is 0 Å². The number of hydrogen-bond donors (Lipinski definition) is 2. The van der Waals surface area contributed by atoms with Gasteiger partial charge in [-0.2, -0.15) is 4.98 Å². The van der Waals surface area contributed by atoms with Gasteiger partial charge in [0.2, 0.25) is 11.8 Å². The maximum Gasteiger partial charge on any atom is 0.246 e. The first-order valence-corrected chi connectivity index (χ1v) is 4.48. The third kappa shape index (κ3) is 3.53. The normalized spacial score (nSPS) is 10.1. The number of aromatic nitrogens is 2. The van der Waals surface area contributed by atoms with E-state index in [-0.39, 0.29) is 12.5 Å². The quantitative estimate of drug-likeness (QED) is 0.679. The Hall–Kier alpha value is -1.43. The molecule has 0 unspecified atom stereocenters. The summed E-state index contributed by atoms with van der Waals surface area (Å²) >= 11 is 0. The molecule has 6 heteroatoms. The van der Waals surface area contributed by atoms with Crippen LogP contribution in [-0.2, 0) is 11.3 Å². The van der Waals surface area contributed by atoms with Gasteiger partial charge >= 0.3 is 0 Å². The highest BCUT2D eigenvalue weighted by molar-refractivity contribution is 5.75. The molecule has 0 atom stereocenters. The van der Waals surface area contributed by atoms with Crippen LogP contribution >= 0.6 is 0 Å². The summed E-state index contributed by atoms with van der Waals surface area (Å²) < 4.78 is 4.82. The fourth-order valence-electron chi connectivity index (χ4n) is 0.937. The lowest BCUT2D eigenvalue weighted by Gasteiger charge is -1.99. The van der Waals surface area contributed by atoms with E-state index >= 15 is 0 Å². The minimum Gasteiger partial charge on any atom is -0.347 e. The van der Waals surface area contributed by atoms with Gasteiger partial charge in [0.05, 0.1) is 6.54 Å². The number of nitrogens with two attached hydrogens (primary N) is 1. The summed E-state index contributed by atoms with van der Waals surface area (Å²) in [7, 11) is 0. The Morgan fingerprint density at radius 2 is 2.43 bits per heavy atom. The average molecular weight is 198 g/mol. The van der Waals surface area contributed by atoms with Gasteiger partial charge in [-0.3, -0.25) is 4.79 Å². The van der Waals surface area contributed by atoms with Gasteiger partial charge in [-0.25, -0.2) is 0 Å². The molecule has 1 amide bonds. The van der Waals surface area contributed by atoms with Gasteiger partial charge < -0.3 is 15.6 Å². The molecule has 1 aromatic rings. The molecule has 0 bridgehead atoms. The third-order valence-corrected chi connectivity index (χ3v) is 1.61. The van der Waals surface area contributed by atoms with Crippen molar-refractivity contribution in [3.63, 3.8) is 0 Å².